The molecule has 8 nitrogen and oxygen atoms in total. The van der Waals surface area contributed by atoms with E-state index in [1.807, 2.05) is 27.7 Å². The van der Waals surface area contributed by atoms with Gasteiger partial charge in [-0.25, -0.2) is 4.79 Å². The van der Waals surface area contributed by atoms with Crippen LogP contribution < -0.4 is 21.3 Å². The highest BCUT2D eigenvalue weighted by molar-refractivity contribution is 6.33. The van der Waals surface area contributed by atoms with Gasteiger partial charge in [-0.2, -0.15) is 0 Å². The fourth-order valence-corrected chi connectivity index (χ4v) is 2.44. The molecule has 0 aliphatic rings. The number of hydrogen-bond donors (Lipinski definition) is 4. The van der Waals surface area contributed by atoms with E-state index in [4.69, 9.17) is 16.3 Å². The first-order valence-corrected chi connectivity index (χ1v) is 10.1. The number of rotatable bonds is 9. The maximum absolute atomic E-state index is 12.1. The summed E-state index contributed by atoms with van der Waals surface area (Å²) in [6.07, 6.45) is 0.250. The van der Waals surface area contributed by atoms with Gasteiger partial charge in [0.1, 0.15) is 5.60 Å². The maximum atomic E-state index is 12.1. The largest absolute Gasteiger partial charge is 0.444 e. The van der Waals surface area contributed by atoms with Crippen LogP contribution in [0.5, 0.6) is 0 Å². The van der Waals surface area contributed by atoms with Gasteiger partial charge in [0.2, 0.25) is 0 Å². The van der Waals surface area contributed by atoms with Crippen molar-refractivity contribution >= 4 is 29.6 Å². The van der Waals surface area contributed by atoms with Crippen molar-refractivity contribution in [1.29, 1.82) is 0 Å². The zero-order valence-electron chi connectivity index (χ0n) is 17.6. The Morgan fingerprint density at radius 2 is 1.72 bits per heavy atom. The molecular formula is C20H32ClN5O3. The molecule has 0 aromatic heterocycles. The van der Waals surface area contributed by atoms with Gasteiger partial charge in [0, 0.05) is 32.7 Å². The fraction of sp³-hybridized carbons (Fsp3) is 0.550. The highest BCUT2D eigenvalue weighted by Gasteiger charge is 2.15. The van der Waals surface area contributed by atoms with Gasteiger partial charge < -0.3 is 26.0 Å². The minimum Gasteiger partial charge on any atom is -0.444 e. The number of nitrogens with zero attached hydrogens (tertiary/aromatic N) is 1. The summed E-state index contributed by atoms with van der Waals surface area (Å²) >= 11 is 6.02. The maximum Gasteiger partial charge on any atom is 0.407 e. The molecule has 0 aliphatic heterocycles. The van der Waals surface area contributed by atoms with Gasteiger partial charge in [-0.15, -0.1) is 0 Å². The van der Waals surface area contributed by atoms with Crippen molar-refractivity contribution < 1.29 is 14.3 Å². The monoisotopic (exact) mass is 425 g/mol. The van der Waals surface area contributed by atoms with E-state index < -0.39 is 11.7 Å². The SMILES string of the molecule is CCNC(=NCCCNC(=O)OC(C)(C)C)NCCNC(=O)c1ccccc1Cl. The van der Waals surface area contributed by atoms with Crippen molar-refractivity contribution in [2.75, 3.05) is 32.7 Å². The average Bonchev–Trinajstić information content (AvgIpc) is 2.63. The molecule has 0 saturated heterocycles. The highest BCUT2D eigenvalue weighted by atomic mass is 35.5. The number of alkyl carbamates (subject to hydrolysis) is 1. The molecule has 9 heteroatoms. The van der Waals surface area contributed by atoms with Crippen LogP contribution in [-0.4, -0.2) is 56.3 Å². The quantitative estimate of drug-likeness (QED) is 0.276. The van der Waals surface area contributed by atoms with Gasteiger partial charge in [0.15, 0.2) is 5.96 Å². The van der Waals surface area contributed by atoms with E-state index in [-0.39, 0.29) is 5.91 Å². The average molecular weight is 426 g/mol. The molecule has 0 unspecified atom stereocenters. The number of hydrogen-bond acceptors (Lipinski definition) is 4. The lowest BCUT2D eigenvalue weighted by Crippen LogP contribution is -2.41. The molecule has 0 atom stereocenters. The van der Waals surface area contributed by atoms with Crippen molar-refractivity contribution in [2.24, 2.45) is 4.99 Å². The second kappa shape index (κ2) is 12.9. The fourth-order valence-electron chi connectivity index (χ4n) is 2.21. The third kappa shape index (κ3) is 11.2. The zero-order valence-corrected chi connectivity index (χ0v) is 18.4. The van der Waals surface area contributed by atoms with E-state index in [9.17, 15) is 9.59 Å². The van der Waals surface area contributed by atoms with Crippen molar-refractivity contribution in [3.05, 3.63) is 34.9 Å². The molecule has 0 saturated carbocycles. The summed E-state index contributed by atoms with van der Waals surface area (Å²) in [6, 6.07) is 6.92. The Labute approximate surface area is 177 Å². The predicted molar refractivity (Wildman–Crippen MR) is 117 cm³/mol. The summed E-state index contributed by atoms with van der Waals surface area (Å²) in [7, 11) is 0. The summed E-state index contributed by atoms with van der Waals surface area (Å²) in [4.78, 5) is 28.1. The first kappa shape index (κ1) is 24.6. The number of guanidine groups is 1. The molecule has 0 aliphatic carbocycles. The van der Waals surface area contributed by atoms with Crippen LogP contribution in [0.1, 0.15) is 44.5 Å². The number of halogens is 1. The Morgan fingerprint density at radius 1 is 1.03 bits per heavy atom. The minimum atomic E-state index is -0.508. The molecule has 4 N–H and O–H groups in total. The van der Waals surface area contributed by atoms with E-state index in [2.05, 4.69) is 26.3 Å². The molecule has 162 valence electrons. The third-order valence-electron chi connectivity index (χ3n) is 3.44. The number of amides is 2. The number of aliphatic imine (C=N–C) groups is 1. The van der Waals surface area contributed by atoms with Crippen LogP contribution in [0.15, 0.2) is 29.3 Å². The van der Waals surface area contributed by atoms with Crippen LogP contribution in [0.25, 0.3) is 0 Å². The van der Waals surface area contributed by atoms with Gasteiger partial charge >= 0.3 is 6.09 Å². The van der Waals surface area contributed by atoms with E-state index in [1.165, 1.54) is 0 Å². The molecule has 1 rings (SSSR count). The predicted octanol–water partition coefficient (Wildman–Crippen LogP) is 2.54. The van der Waals surface area contributed by atoms with Gasteiger partial charge in [-0.3, -0.25) is 9.79 Å². The molecule has 1 aromatic rings. The molecule has 0 heterocycles. The first-order chi connectivity index (χ1) is 13.7. The van der Waals surface area contributed by atoms with Crippen LogP contribution in [-0.2, 0) is 4.74 Å². The second-order valence-corrected chi connectivity index (χ2v) is 7.61. The standard InChI is InChI=1S/C20H32ClN5O3/c1-5-22-18(24-11-8-12-26-19(28)29-20(2,3)4)25-14-13-23-17(27)15-9-6-7-10-16(15)21/h6-7,9-10H,5,8,11-14H2,1-4H3,(H,23,27)(H,26,28)(H2,22,24,25). The van der Waals surface area contributed by atoms with Crippen LogP contribution in [0.4, 0.5) is 4.79 Å². The number of nitrogens with one attached hydrogen (secondary N) is 4. The summed E-state index contributed by atoms with van der Waals surface area (Å²) in [5, 5.41) is 12.2. The molecular weight excluding hydrogens is 394 g/mol. The molecule has 0 spiro atoms. The van der Waals surface area contributed by atoms with Crippen molar-refractivity contribution in [3.63, 3.8) is 0 Å². The molecule has 0 fully saturated rings. The Kier molecular flexibility index (Phi) is 10.9. The highest BCUT2D eigenvalue weighted by Crippen LogP contribution is 2.14. The molecule has 0 radical (unpaired) electrons. The van der Waals surface area contributed by atoms with Crippen molar-refractivity contribution in [3.8, 4) is 0 Å². The molecule has 0 bridgehead atoms. The number of benzene rings is 1. The first-order valence-electron chi connectivity index (χ1n) is 9.74. The molecule has 29 heavy (non-hydrogen) atoms. The second-order valence-electron chi connectivity index (χ2n) is 7.21. The summed E-state index contributed by atoms with van der Waals surface area (Å²) in [5.41, 5.74) is -0.0572. The molecule has 1 aromatic carbocycles. The van der Waals surface area contributed by atoms with Crippen molar-refractivity contribution in [2.45, 2.75) is 39.7 Å². The zero-order chi connectivity index (χ0) is 21.7. The smallest absolute Gasteiger partial charge is 0.407 e. The Morgan fingerprint density at radius 3 is 2.38 bits per heavy atom. The van der Waals surface area contributed by atoms with Crippen LogP contribution >= 0.6 is 11.6 Å². The minimum absolute atomic E-state index is 0.215. The van der Waals surface area contributed by atoms with Crippen LogP contribution in [0, 0.1) is 0 Å². The summed E-state index contributed by atoms with van der Waals surface area (Å²) in [6.45, 7) is 10.1. The molecule has 2 amide bonds. The third-order valence-corrected chi connectivity index (χ3v) is 3.77. The lowest BCUT2D eigenvalue weighted by Gasteiger charge is -2.19. The van der Waals surface area contributed by atoms with E-state index in [1.54, 1.807) is 24.3 Å². The summed E-state index contributed by atoms with van der Waals surface area (Å²) in [5.74, 6) is 0.435. The van der Waals surface area contributed by atoms with Gasteiger partial charge in [-0.05, 0) is 46.2 Å². The lowest BCUT2D eigenvalue weighted by atomic mass is 10.2. The van der Waals surface area contributed by atoms with E-state index >= 15 is 0 Å². The Hall–Kier alpha value is -2.48. The Bertz CT molecular complexity index is 689. The lowest BCUT2D eigenvalue weighted by molar-refractivity contribution is 0.0527. The number of carbonyl (C=O) groups excluding carboxylic acids is 2. The van der Waals surface area contributed by atoms with Crippen molar-refractivity contribution in [1.82, 2.24) is 21.3 Å². The van der Waals surface area contributed by atoms with E-state index in [0.29, 0.717) is 55.7 Å². The normalized spacial score (nSPS) is 11.6. The summed E-state index contributed by atoms with van der Waals surface area (Å²) < 4.78 is 5.17. The Balaban J connectivity index is 2.29. The number of ether oxygens (including phenoxy) is 1. The number of carbonyl (C=O) groups is 2. The van der Waals surface area contributed by atoms with Crippen LogP contribution in [0.2, 0.25) is 5.02 Å². The van der Waals surface area contributed by atoms with Gasteiger partial charge in [0.25, 0.3) is 5.91 Å². The van der Waals surface area contributed by atoms with Crippen LogP contribution in [0.3, 0.4) is 0 Å². The van der Waals surface area contributed by atoms with E-state index in [0.717, 1.165) is 0 Å². The topological polar surface area (TPSA) is 104 Å². The van der Waals surface area contributed by atoms with Gasteiger partial charge in [0.05, 0.1) is 10.6 Å². The van der Waals surface area contributed by atoms with Gasteiger partial charge in [-0.1, -0.05) is 23.7 Å².